The Hall–Kier alpha value is -0.410. The highest BCUT2D eigenvalue weighted by Crippen LogP contribution is 2.05. The quantitative estimate of drug-likeness (QED) is 0.632. The van der Waals surface area contributed by atoms with E-state index in [9.17, 15) is 4.79 Å². The normalized spacial score (nSPS) is 11.7. The van der Waals surface area contributed by atoms with E-state index in [0.29, 0.717) is 6.61 Å². The minimum atomic E-state index is -0.248. The fraction of sp³-hybridized carbons (Fsp3) is 0.889. The van der Waals surface area contributed by atoms with Crippen LogP contribution in [0.4, 0.5) is 0 Å². The van der Waals surface area contributed by atoms with Crippen molar-refractivity contribution in [2.75, 3.05) is 19.8 Å². The third-order valence-corrected chi connectivity index (χ3v) is 1.13. The van der Waals surface area contributed by atoms with Gasteiger partial charge in [-0.3, -0.25) is 4.79 Å². The van der Waals surface area contributed by atoms with Crippen molar-refractivity contribution in [2.45, 2.75) is 33.3 Å². The average Bonchev–Trinajstić information content (AvgIpc) is 1.95. The van der Waals surface area contributed by atoms with Crippen LogP contribution in [-0.4, -0.2) is 31.2 Å². The molecule has 0 heterocycles. The highest BCUT2D eigenvalue weighted by Gasteiger charge is 2.12. The number of hydrogen-bond acceptors (Lipinski definition) is 3. The summed E-state index contributed by atoms with van der Waals surface area (Å²) in [6.07, 6.45) is 0. The first-order valence-electron chi connectivity index (χ1n) is 4.19. The highest BCUT2D eigenvalue weighted by atomic mass is 16.5. The molecule has 0 saturated carbocycles. The molecule has 0 aromatic carbocycles. The summed E-state index contributed by atoms with van der Waals surface area (Å²) in [6, 6.07) is 0. The van der Waals surface area contributed by atoms with Gasteiger partial charge in [0.1, 0.15) is 13.2 Å². The van der Waals surface area contributed by atoms with Gasteiger partial charge in [0.25, 0.3) is 0 Å². The maximum Gasteiger partial charge on any atom is 0.184 e. The van der Waals surface area contributed by atoms with E-state index in [0.717, 1.165) is 0 Å². The van der Waals surface area contributed by atoms with Gasteiger partial charge in [-0.15, -0.1) is 0 Å². The number of ketones is 1. The van der Waals surface area contributed by atoms with E-state index < -0.39 is 0 Å². The smallest absolute Gasteiger partial charge is 0.184 e. The molecule has 0 aromatic heterocycles. The van der Waals surface area contributed by atoms with Crippen LogP contribution in [-0.2, 0) is 14.3 Å². The summed E-state index contributed by atoms with van der Waals surface area (Å²) in [5.41, 5.74) is -0.248. The molecule has 0 rings (SSSR count). The summed E-state index contributed by atoms with van der Waals surface area (Å²) in [7, 11) is 0. The van der Waals surface area contributed by atoms with Gasteiger partial charge >= 0.3 is 0 Å². The first-order valence-corrected chi connectivity index (χ1v) is 4.19. The Bertz CT molecular complexity index is 135. The van der Waals surface area contributed by atoms with Crippen molar-refractivity contribution < 1.29 is 14.3 Å². The van der Waals surface area contributed by atoms with Gasteiger partial charge in [-0.05, 0) is 27.7 Å². The predicted molar refractivity (Wildman–Crippen MR) is 47.2 cm³/mol. The Morgan fingerprint density at radius 3 is 2.25 bits per heavy atom. The lowest BCUT2D eigenvalue weighted by molar-refractivity contribution is -0.132. The Morgan fingerprint density at radius 2 is 1.83 bits per heavy atom. The van der Waals surface area contributed by atoms with E-state index in [2.05, 4.69) is 0 Å². The first-order chi connectivity index (χ1) is 5.45. The number of carbonyl (C=O) groups is 1. The van der Waals surface area contributed by atoms with Gasteiger partial charge in [0.05, 0.1) is 5.60 Å². The van der Waals surface area contributed by atoms with Gasteiger partial charge in [-0.1, -0.05) is 0 Å². The highest BCUT2D eigenvalue weighted by molar-refractivity contribution is 5.80. The van der Waals surface area contributed by atoms with Crippen LogP contribution in [0.2, 0.25) is 0 Å². The molecule has 0 aliphatic carbocycles. The molecule has 0 saturated heterocycles. The lowest BCUT2D eigenvalue weighted by Crippen LogP contribution is -2.25. The van der Waals surface area contributed by atoms with Crippen molar-refractivity contribution in [1.82, 2.24) is 0 Å². The second kappa shape index (κ2) is 5.27. The van der Waals surface area contributed by atoms with Crippen molar-refractivity contribution in [1.29, 1.82) is 0 Å². The molecule has 0 unspecified atom stereocenters. The minimum absolute atomic E-state index is 0.00762. The second-order valence-corrected chi connectivity index (χ2v) is 3.58. The molecule has 0 atom stereocenters. The number of rotatable bonds is 5. The van der Waals surface area contributed by atoms with Crippen molar-refractivity contribution >= 4 is 5.78 Å². The molecule has 72 valence electrons. The predicted octanol–water partition coefficient (Wildman–Crippen LogP) is 1.41. The fourth-order valence-electron chi connectivity index (χ4n) is 0.555. The van der Waals surface area contributed by atoms with Gasteiger partial charge in [0, 0.05) is 6.61 Å². The van der Waals surface area contributed by atoms with E-state index in [1.165, 1.54) is 0 Å². The van der Waals surface area contributed by atoms with Crippen LogP contribution in [0, 0.1) is 0 Å². The first kappa shape index (κ1) is 11.6. The molecule has 0 aliphatic rings. The van der Waals surface area contributed by atoms with E-state index >= 15 is 0 Å². The molecule has 0 spiro atoms. The standard InChI is InChI=1S/C9H18O3/c1-5-11-6-8(10)7-12-9(2,3)4/h5-7H2,1-4H3. The molecule has 0 amide bonds. The molecule has 3 nitrogen and oxygen atoms in total. The van der Waals surface area contributed by atoms with E-state index in [1.54, 1.807) is 0 Å². The largest absolute Gasteiger partial charge is 0.374 e. The van der Waals surface area contributed by atoms with Gasteiger partial charge < -0.3 is 9.47 Å². The fourth-order valence-corrected chi connectivity index (χ4v) is 0.555. The van der Waals surface area contributed by atoms with Crippen LogP contribution >= 0.6 is 0 Å². The zero-order valence-electron chi connectivity index (χ0n) is 8.35. The molecule has 0 fully saturated rings. The van der Waals surface area contributed by atoms with Crippen LogP contribution in [0.1, 0.15) is 27.7 Å². The maximum atomic E-state index is 11.0. The number of Topliss-reactive ketones (excluding diaryl/α,β-unsaturated/α-hetero) is 1. The van der Waals surface area contributed by atoms with Crippen molar-refractivity contribution in [3.63, 3.8) is 0 Å². The van der Waals surface area contributed by atoms with E-state index in [4.69, 9.17) is 9.47 Å². The van der Waals surface area contributed by atoms with Crippen LogP contribution < -0.4 is 0 Å². The van der Waals surface area contributed by atoms with Gasteiger partial charge in [0.15, 0.2) is 5.78 Å². The summed E-state index contributed by atoms with van der Waals surface area (Å²) in [5.74, 6) is -0.00762. The molecular weight excluding hydrogens is 156 g/mol. The van der Waals surface area contributed by atoms with Crippen LogP contribution in [0.3, 0.4) is 0 Å². The Labute approximate surface area is 74.0 Å². The van der Waals surface area contributed by atoms with Crippen LogP contribution in [0.15, 0.2) is 0 Å². The zero-order chi connectivity index (χ0) is 9.61. The Morgan fingerprint density at radius 1 is 1.25 bits per heavy atom. The van der Waals surface area contributed by atoms with Gasteiger partial charge in [-0.25, -0.2) is 0 Å². The molecule has 0 aliphatic heterocycles. The molecule has 3 heteroatoms. The monoisotopic (exact) mass is 174 g/mol. The summed E-state index contributed by atoms with van der Waals surface area (Å²) >= 11 is 0. The summed E-state index contributed by atoms with van der Waals surface area (Å²) in [5, 5.41) is 0. The van der Waals surface area contributed by atoms with Crippen molar-refractivity contribution in [3.8, 4) is 0 Å². The molecule has 12 heavy (non-hydrogen) atoms. The summed E-state index contributed by atoms with van der Waals surface area (Å²) < 4.78 is 10.2. The molecule has 0 N–H and O–H groups in total. The van der Waals surface area contributed by atoms with Gasteiger partial charge in [0.2, 0.25) is 0 Å². The average molecular weight is 174 g/mol. The third kappa shape index (κ3) is 7.69. The number of carbonyl (C=O) groups excluding carboxylic acids is 1. The molecular formula is C9H18O3. The van der Waals surface area contributed by atoms with Crippen molar-refractivity contribution in [2.24, 2.45) is 0 Å². The second-order valence-electron chi connectivity index (χ2n) is 3.58. The Balaban J connectivity index is 3.44. The number of ether oxygens (including phenoxy) is 2. The van der Waals surface area contributed by atoms with E-state index in [-0.39, 0.29) is 24.6 Å². The minimum Gasteiger partial charge on any atom is -0.374 e. The van der Waals surface area contributed by atoms with Crippen molar-refractivity contribution in [3.05, 3.63) is 0 Å². The topological polar surface area (TPSA) is 35.5 Å². The zero-order valence-corrected chi connectivity index (χ0v) is 8.35. The van der Waals surface area contributed by atoms with Crippen LogP contribution in [0.25, 0.3) is 0 Å². The SMILES string of the molecule is CCOCC(=O)COC(C)(C)C. The lowest BCUT2D eigenvalue weighted by Gasteiger charge is -2.18. The van der Waals surface area contributed by atoms with Gasteiger partial charge in [-0.2, -0.15) is 0 Å². The summed E-state index contributed by atoms with van der Waals surface area (Å²) in [4.78, 5) is 11.0. The Kier molecular flexibility index (Phi) is 5.09. The lowest BCUT2D eigenvalue weighted by atomic mass is 10.2. The van der Waals surface area contributed by atoms with Crippen LogP contribution in [0.5, 0.6) is 0 Å². The maximum absolute atomic E-state index is 11.0. The summed E-state index contributed by atoms with van der Waals surface area (Å²) in [6.45, 7) is 8.48. The number of hydrogen-bond donors (Lipinski definition) is 0. The molecule has 0 aromatic rings. The third-order valence-electron chi connectivity index (χ3n) is 1.13. The van der Waals surface area contributed by atoms with E-state index in [1.807, 2.05) is 27.7 Å². The molecule has 0 radical (unpaired) electrons. The molecule has 0 bridgehead atoms.